The van der Waals surface area contributed by atoms with Crippen LogP contribution in [-0.4, -0.2) is 28.0 Å². The fourth-order valence-corrected chi connectivity index (χ4v) is 2.01. The minimum Gasteiger partial charge on any atom is -0.454 e. The Balaban J connectivity index is 1.88. The van der Waals surface area contributed by atoms with Gasteiger partial charge in [0, 0.05) is 30.1 Å². The summed E-state index contributed by atoms with van der Waals surface area (Å²) in [4.78, 5) is 45.1. The molecular formula is C16H15N3O6. The summed E-state index contributed by atoms with van der Waals surface area (Å²) in [5.41, 5.74) is 0.441. The zero-order valence-corrected chi connectivity index (χ0v) is 13.3. The van der Waals surface area contributed by atoms with Gasteiger partial charge in [-0.15, -0.1) is 0 Å². The van der Waals surface area contributed by atoms with Crippen molar-refractivity contribution in [3.05, 3.63) is 68.6 Å². The second kappa shape index (κ2) is 7.86. The molecule has 0 spiro atoms. The molecule has 130 valence electrons. The highest BCUT2D eigenvalue weighted by Crippen LogP contribution is 2.20. The Bertz CT molecular complexity index is 874. The van der Waals surface area contributed by atoms with Crippen molar-refractivity contribution in [2.45, 2.75) is 13.5 Å². The van der Waals surface area contributed by atoms with Crippen molar-refractivity contribution in [2.24, 2.45) is 0 Å². The number of nitro groups is 1. The summed E-state index contributed by atoms with van der Waals surface area (Å²) in [5, 5.41) is 13.2. The lowest BCUT2D eigenvalue weighted by atomic mass is 10.2. The molecule has 0 saturated heterocycles. The van der Waals surface area contributed by atoms with Crippen molar-refractivity contribution in [2.75, 3.05) is 11.9 Å². The maximum atomic E-state index is 11.8. The number of ether oxygens (including phenoxy) is 1. The van der Waals surface area contributed by atoms with E-state index in [-0.39, 0.29) is 17.8 Å². The quantitative estimate of drug-likeness (QED) is 0.478. The van der Waals surface area contributed by atoms with Crippen molar-refractivity contribution < 1.29 is 19.2 Å². The summed E-state index contributed by atoms with van der Waals surface area (Å²) < 4.78 is 5.97. The molecule has 0 fully saturated rings. The minimum atomic E-state index is -0.733. The van der Waals surface area contributed by atoms with Gasteiger partial charge in [0.05, 0.1) is 4.92 Å². The number of aromatic nitrogens is 1. The van der Waals surface area contributed by atoms with Crippen molar-refractivity contribution >= 4 is 23.3 Å². The van der Waals surface area contributed by atoms with Crippen LogP contribution in [0.2, 0.25) is 0 Å². The van der Waals surface area contributed by atoms with Crippen molar-refractivity contribution in [3.63, 3.8) is 0 Å². The maximum absolute atomic E-state index is 11.8. The van der Waals surface area contributed by atoms with E-state index >= 15 is 0 Å². The number of nitrogens with one attached hydrogen (secondary N) is 1. The van der Waals surface area contributed by atoms with Gasteiger partial charge in [0.1, 0.15) is 6.54 Å². The first-order valence-corrected chi connectivity index (χ1v) is 7.23. The van der Waals surface area contributed by atoms with E-state index in [9.17, 15) is 24.5 Å². The number of esters is 1. The minimum absolute atomic E-state index is 0.0878. The number of nitro benzene ring substituents is 1. The molecule has 0 bridgehead atoms. The van der Waals surface area contributed by atoms with Crippen LogP contribution in [-0.2, 0) is 20.9 Å². The van der Waals surface area contributed by atoms with Crippen LogP contribution in [0.5, 0.6) is 0 Å². The number of amides is 1. The molecule has 0 aliphatic carbocycles. The highest BCUT2D eigenvalue weighted by molar-refractivity contribution is 5.93. The van der Waals surface area contributed by atoms with Gasteiger partial charge in [0.25, 0.3) is 17.2 Å². The number of aryl methyl sites for hydroxylation is 1. The first kappa shape index (κ1) is 17.9. The van der Waals surface area contributed by atoms with Gasteiger partial charge < -0.3 is 14.6 Å². The molecule has 1 aromatic heterocycles. The van der Waals surface area contributed by atoms with E-state index in [0.717, 1.165) is 4.57 Å². The predicted octanol–water partition coefficient (Wildman–Crippen LogP) is 1.25. The Hall–Kier alpha value is -3.49. The third kappa shape index (κ3) is 4.99. The number of nitrogens with zero attached hydrogens (tertiary/aromatic N) is 2. The topological polar surface area (TPSA) is 121 Å². The van der Waals surface area contributed by atoms with Crippen LogP contribution in [0.3, 0.4) is 0 Å². The molecule has 0 atom stereocenters. The lowest BCUT2D eigenvalue weighted by molar-refractivity contribution is -0.384. The van der Waals surface area contributed by atoms with Crippen LogP contribution < -0.4 is 10.9 Å². The molecule has 9 heteroatoms. The van der Waals surface area contributed by atoms with E-state index in [0.29, 0.717) is 11.3 Å². The zero-order valence-electron chi connectivity index (χ0n) is 13.3. The number of carbonyl (C=O) groups excluding carboxylic acids is 2. The second-order valence-electron chi connectivity index (χ2n) is 5.13. The summed E-state index contributed by atoms with van der Waals surface area (Å²) in [7, 11) is 0. The summed E-state index contributed by atoms with van der Waals surface area (Å²) in [6, 6.07) is 8.43. The van der Waals surface area contributed by atoms with Crippen LogP contribution in [0.1, 0.15) is 5.56 Å². The average Bonchev–Trinajstić information content (AvgIpc) is 2.57. The third-order valence-electron chi connectivity index (χ3n) is 3.26. The van der Waals surface area contributed by atoms with E-state index in [2.05, 4.69) is 5.32 Å². The first-order valence-electron chi connectivity index (χ1n) is 7.23. The highest BCUT2D eigenvalue weighted by Gasteiger charge is 2.12. The van der Waals surface area contributed by atoms with Gasteiger partial charge in [0.15, 0.2) is 6.61 Å². The fourth-order valence-electron chi connectivity index (χ4n) is 2.01. The van der Waals surface area contributed by atoms with Crippen LogP contribution >= 0.6 is 0 Å². The van der Waals surface area contributed by atoms with Crippen LogP contribution in [0.4, 0.5) is 11.4 Å². The van der Waals surface area contributed by atoms with Gasteiger partial charge in [-0.05, 0) is 24.6 Å². The number of non-ortho nitro benzene ring substituents is 1. The number of anilines is 1. The summed E-state index contributed by atoms with van der Waals surface area (Å²) in [6.07, 6.45) is 1.43. The molecule has 1 aromatic carbocycles. The first-order chi connectivity index (χ1) is 11.9. The Kier molecular flexibility index (Phi) is 5.62. The van der Waals surface area contributed by atoms with Gasteiger partial charge in [-0.3, -0.25) is 24.5 Å². The zero-order chi connectivity index (χ0) is 18.4. The van der Waals surface area contributed by atoms with E-state index in [1.165, 1.54) is 30.5 Å². The van der Waals surface area contributed by atoms with Gasteiger partial charge in [-0.25, -0.2) is 0 Å². The largest absolute Gasteiger partial charge is 0.454 e. The van der Waals surface area contributed by atoms with Gasteiger partial charge in [0.2, 0.25) is 0 Å². The summed E-state index contributed by atoms with van der Waals surface area (Å²) >= 11 is 0. The predicted molar refractivity (Wildman–Crippen MR) is 88.1 cm³/mol. The molecule has 0 saturated carbocycles. The molecule has 1 amide bonds. The molecule has 1 N–H and O–H groups in total. The number of benzene rings is 1. The van der Waals surface area contributed by atoms with Crippen LogP contribution in [0, 0.1) is 17.0 Å². The molecule has 2 aromatic rings. The summed E-state index contributed by atoms with van der Waals surface area (Å²) in [5.74, 6) is -1.32. The average molecular weight is 345 g/mol. The fraction of sp³-hybridized carbons (Fsp3) is 0.188. The summed E-state index contributed by atoms with van der Waals surface area (Å²) in [6.45, 7) is 0.775. The normalized spacial score (nSPS) is 10.1. The molecule has 25 heavy (non-hydrogen) atoms. The van der Waals surface area contributed by atoms with E-state index in [1.54, 1.807) is 19.1 Å². The monoisotopic (exact) mass is 345 g/mol. The van der Waals surface area contributed by atoms with Gasteiger partial charge >= 0.3 is 5.97 Å². The number of pyridine rings is 1. The SMILES string of the molecule is Cc1cc([N+](=O)[O-])ccc1NC(=O)COC(=O)Cn1ccccc1=O. The van der Waals surface area contributed by atoms with Crippen LogP contribution in [0.15, 0.2) is 47.4 Å². The van der Waals surface area contributed by atoms with Gasteiger partial charge in [-0.2, -0.15) is 0 Å². The lowest BCUT2D eigenvalue weighted by Crippen LogP contribution is -2.27. The van der Waals surface area contributed by atoms with E-state index in [1.807, 2.05) is 0 Å². The number of carbonyl (C=O) groups is 2. The van der Waals surface area contributed by atoms with Crippen LogP contribution in [0.25, 0.3) is 0 Å². The van der Waals surface area contributed by atoms with E-state index < -0.39 is 23.4 Å². The Morgan fingerprint density at radius 2 is 2.04 bits per heavy atom. The smallest absolute Gasteiger partial charge is 0.326 e. The third-order valence-corrected chi connectivity index (χ3v) is 3.26. The Labute approximate surface area is 142 Å². The molecule has 0 aliphatic rings. The lowest BCUT2D eigenvalue weighted by Gasteiger charge is -2.09. The number of rotatable bonds is 6. The second-order valence-corrected chi connectivity index (χ2v) is 5.13. The molecule has 1 heterocycles. The molecule has 9 nitrogen and oxygen atoms in total. The van der Waals surface area contributed by atoms with Gasteiger partial charge in [-0.1, -0.05) is 6.07 Å². The standard InChI is InChI=1S/C16H15N3O6/c1-11-8-12(19(23)24)5-6-13(11)17-14(20)10-25-16(22)9-18-7-3-2-4-15(18)21/h2-8H,9-10H2,1H3,(H,17,20). The molecule has 0 radical (unpaired) electrons. The van der Waals surface area contributed by atoms with Crippen molar-refractivity contribution in [1.29, 1.82) is 0 Å². The molecule has 0 unspecified atom stereocenters. The maximum Gasteiger partial charge on any atom is 0.326 e. The molecule has 2 rings (SSSR count). The Morgan fingerprint density at radius 3 is 2.68 bits per heavy atom. The Morgan fingerprint density at radius 1 is 1.28 bits per heavy atom. The van der Waals surface area contributed by atoms with E-state index in [4.69, 9.17) is 4.74 Å². The number of hydrogen-bond donors (Lipinski definition) is 1. The molecule has 0 aliphatic heterocycles. The van der Waals surface area contributed by atoms with Crippen molar-refractivity contribution in [1.82, 2.24) is 4.57 Å². The molecular weight excluding hydrogens is 330 g/mol. The number of hydrogen-bond acceptors (Lipinski definition) is 6. The highest BCUT2D eigenvalue weighted by atomic mass is 16.6. The van der Waals surface area contributed by atoms with Crippen molar-refractivity contribution in [3.8, 4) is 0 Å².